The summed E-state index contributed by atoms with van der Waals surface area (Å²) in [6.07, 6.45) is 0.494. The lowest BCUT2D eigenvalue weighted by Gasteiger charge is -2.21. The largest absolute Gasteiger partial charge is 0.399 e. The van der Waals surface area contributed by atoms with E-state index in [1.54, 1.807) is 13.0 Å². The van der Waals surface area contributed by atoms with Gasteiger partial charge in [-0.25, -0.2) is 13.1 Å². The Bertz CT molecular complexity index is 530. The summed E-state index contributed by atoms with van der Waals surface area (Å²) in [5, 5.41) is 9.77. The predicted molar refractivity (Wildman–Crippen MR) is 84.3 cm³/mol. The van der Waals surface area contributed by atoms with Crippen molar-refractivity contribution >= 4 is 27.5 Å². The molecule has 20 heavy (non-hydrogen) atoms. The summed E-state index contributed by atoms with van der Waals surface area (Å²) in [5.74, 6) is 0.444. The maximum Gasteiger partial charge on any atom is 0.212 e. The van der Waals surface area contributed by atoms with Gasteiger partial charge in [0, 0.05) is 22.9 Å². The number of aliphatic hydroxyl groups is 1. The SMILES string of the molecule is CCC(C)(O)CNS(=O)(=O)CCSc1cccc(N)c1. The Morgan fingerprint density at radius 1 is 1.45 bits per heavy atom. The van der Waals surface area contributed by atoms with Crippen molar-refractivity contribution in [1.29, 1.82) is 0 Å². The van der Waals surface area contributed by atoms with Gasteiger partial charge in [-0.05, 0) is 31.5 Å². The second-order valence-electron chi connectivity index (χ2n) is 4.91. The van der Waals surface area contributed by atoms with Gasteiger partial charge in [-0.15, -0.1) is 11.8 Å². The maximum absolute atomic E-state index is 11.8. The van der Waals surface area contributed by atoms with Crippen LogP contribution in [0.15, 0.2) is 29.2 Å². The Labute approximate surface area is 125 Å². The van der Waals surface area contributed by atoms with Gasteiger partial charge < -0.3 is 10.8 Å². The van der Waals surface area contributed by atoms with Crippen LogP contribution in [0.5, 0.6) is 0 Å². The van der Waals surface area contributed by atoms with Crippen LogP contribution in [0.2, 0.25) is 0 Å². The molecule has 0 spiro atoms. The number of hydrogen-bond donors (Lipinski definition) is 3. The third-order valence-corrected chi connectivity index (χ3v) is 5.49. The van der Waals surface area contributed by atoms with Gasteiger partial charge in [-0.3, -0.25) is 0 Å². The molecule has 0 aliphatic heterocycles. The highest BCUT2D eigenvalue weighted by atomic mass is 32.2. The maximum atomic E-state index is 11.8. The van der Waals surface area contributed by atoms with Crippen LogP contribution in [0.1, 0.15) is 20.3 Å². The molecule has 0 aliphatic carbocycles. The van der Waals surface area contributed by atoms with Crippen LogP contribution >= 0.6 is 11.8 Å². The Morgan fingerprint density at radius 3 is 2.75 bits per heavy atom. The molecule has 1 rings (SSSR count). The van der Waals surface area contributed by atoms with E-state index in [4.69, 9.17) is 5.73 Å². The molecule has 0 saturated carbocycles. The fourth-order valence-corrected chi connectivity index (χ4v) is 3.85. The van der Waals surface area contributed by atoms with E-state index in [0.717, 1.165) is 4.90 Å². The van der Waals surface area contributed by atoms with E-state index in [9.17, 15) is 13.5 Å². The number of nitrogens with one attached hydrogen (secondary N) is 1. The summed E-state index contributed by atoms with van der Waals surface area (Å²) >= 11 is 1.44. The molecule has 0 aliphatic rings. The molecule has 1 unspecified atom stereocenters. The summed E-state index contributed by atoms with van der Waals surface area (Å²) in [7, 11) is -3.37. The molecule has 0 saturated heterocycles. The number of nitrogens with two attached hydrogens (primary N) is 1. The smallest absolute Gasteiger partial charge is 0.212 e. The molecule has 1 aromatic rings. The van der Waals surface area contributed by atoms with Crippen molar-refractivity contribution < 1.29 is 13.5 Å². The molecule has 114 valence electrons. The number of hydrogen-bond acceptors (Lipinski definition) is 5. The first-order valence-corrected chi connectivity index (χ1v) is 9.06. The molecule has 0 amide bonds. The van der Waals surface area contributed by atoms with Gasteiger partial charge in [0.2, 0.25) is 10.0 Å². The van der Waals surface area contributed by atoms with E-state index < -0.39 is 15.6 Å². The van der Waals surface area contributed by atoms with Crippen molar-refractivity contribution in [3.05, 3.63) is 24.3 Å². The normalized spacial score (nSPS) is 14.9. The van der Waals surface area contributed by atoms with Crippen LogP contribution < -0.4 is 10.5 Å². The van der Waals surface area contributed by atoms with Gasteiger partial charge in [0.05, 0.1) is 11.4 Å². The van der Waals surface area contributed by atoms with Crippen LogP contribution in [0.4, 0.5) is 5.69 Å². The van der Waals surface area contributed by atoms with E-state index >= 15 is 0 Å². The zero-order valence-electron chi connectivity index (χ0n) is 11.8. The van der Waals surface area contributed by atoms with Crippen molar-refractivity contribution in [3.63, 3.8) is 0 Å². The molecule has 0 radical (unpaired) electrons. The van der Waals surface area contributed by atoms with Gasteiger partial charge in [0.1, 0.15) is 0 Å². The number of anilines is 1. The Balaban J connectivity index is 2.40. The van der Waals surface area contributed by atoms with Gasteiger partial charge >= 0.3 is 0 Å². The van der Waals surface area contributed by atoms with E-state index in [1.807, 2.05) is 25.1 Å². The van der Waals surface area contributed by atoms with E-state index in [-0.39, 0.29) is 12.3 Å². The van der Waals surface area contributed by atoms with Crippen LogP contribution in [0, 0.1) is 0 Å². The van der Waals surface area contributed by atoms with Crippen LogP contribution in [0.25, 0.3) is 0 Å². The third-order valence-electron chi connectivity index (χ3n) is 2.91. The van der Waals surface area contributed by atoms with Crippen molar-refractivity contribution in [1.82, 2.24) is 4.72 Å². The Morgan fingerprint density at radius 2 is 2.15 bits per heavy atom. The summed E-state index contributed by atoms with van der Waals surface area (Å²) in [4.78, 5) is 0.945. The molecule has 0 heterocycles. The highest BCUT2D eigenvalue weighted by Crippen LogP contribution is 2.20. The lowest BCUT2D eigenvalue weighted by Crippen LogP contribution is -2.41. The first-order valence-electron chi connectivity index (χ1n) is 6.42. The van der Waals surface area contributed by atoms with Crippen molar-refractivity contribution in [3.8, 4) is 0 Å². The average Bonchev–Trinajstić information content (AvgIpc) is 2.37. The molecular formula is C13H22N2O3S2. The molecule has 1 atom stereocenters. The minimum Gasteiger partial charge on any atom is -0.399 e. The number of benzene rings is 1. The summed E-state index contributed by atoms with van der Waals surface area (Å²) < 4.78 is 26.0. The Kier molecular flexibility index (Phi) is 6.32. The van der Waals surface area contributed by atoms with Gasteiger partial charge in [0.15, 0.2) is 0 Å². The highest BCUT2D eigenvalue weighted by molar-refractivity contribution is 8.00. The average molecular weight is 318 g/mol. The van der Waals surface area contributed by atoms with E-state index in [1.165, 1.54) is 11.8 Å². The van der Waals surface area contributed by atoms with Gasteiger partial charge in [-0.2, -0.15) is 0 Å². The lowest BCUT2D eigenvalue weighted by molar-refractivity contribution is 0.0614. The second-order valence-corrected chi connectivity index (χ2v) is 8.01. The van der Waals surface area contributed by atoms with Crippen molar-refractivity contribution in [2.24, 2.45) is 0 Å². The molecule has 0 bridgehead atoms. The molecular weight excluding hydrogens is 296 g/mol. The second kappa shape index (κ2) is 7.31. The van der Waals surface area contributed by atoms with E-state index in [2.05, 4.69) is 4.72 Å². The Hall–Kier alpha value is -0.760. The number of sulfonamides is 1. The van der Waals surface area contributed by atoms with Crippen LogP contribution in [-0.4, -0.2) is 37.2 Å². The summed E-state index contributed by atoms with van der Waals surface area (Å²) in [6.45, 7) is 3.45. The summed E-state index contributed by atoms with van der Waals surface area (Å²) in [5.41, 5.74) is 5.31. The molecule has 1 aromatic carbocycles. The first-order chi connectivity index (χ1) is 9.24. The number of thioether (sulfide) groups is 1. The van der Waals surface area contributed by atoms with Crippen molar-refractivity contribution in [2.75, 3.05) is 23.8 Å². The predicted octanol–water partition coefficient (Wildman–Crippen LogP) is 1.44. The fraction of sp³-hybridized carbons (Fsp3) is 0.538. The highest BCUT2D eigenvalue weighted by Gasteiger charge is 2.20. The van der Waals surface area contributed by atoms with Gasteiger partial charge in [0.25, 0.3) is 0 Å². The monoisotopic (exact) mass is 318 g/mol. The van der Waals surface area contributed by atoms with Gasteiger partial charge in [-0.1, -0.05) is 13.0 Å². The zero-order chi connectivity index (χ0) is 15.2. The first kappa shape index (κ1) is 17.3. The molecule has 7 heteroatoms. The molecule has 5 nitrogen and oxygen atoms in total. The van der Waals surface area contributed by atoms with Crippen LogP contribution in [0.3, 0.4) is 0 Å². The third kappa shape index (κ3) is 6.60. The summed E-state index contributed by atoms with van der Waals surface area (Å²) in [6, 6.07) is 7.33. The lowest BCUT2D eigenvalue weighted by atomic mass is 10.1. The minimum absolute atomic E-state index is 0.00621. The van der Waals surface area contributed by atoms with Crippen LogP contribution in [-0.2, 0) is 10.0 Å². The fourth-order valence-electron chi connectivity index (χ4n) is 1.34. The number of nitrogen functional groups attached to an aromatic ring is 1. The minimum atomic E-state index is -3.37. The standard InChI is InChI=1S/C13H22N2O3S2/c1-3-13(2,16)10-15-20(17,18)8-7-19-12-6-4-5-11(14)9-12/h4-6,9,15-16H,3,7-8,10,14H2,1-2H3. The molecule has 0 aromatic heterocycles. The topological polar surface area (TPSA) is 92.4 Å². The molecule has 0 fully saturated rings. The quantitative estimate of drug-likeness (QED) is 0.498. The number of rotatable bonds is 8. The molecule has 4 N–H and O–H groups in total. The van der Waals surface area contributed by atoms with E-state index in [0.29, 0.717) is 17.9 Å². The van der Waals surface area contributed by atoms with Crippen molar-refractivity contribution in [2.45, 2.75) is 30.8 Å². The zero-order valence-corrected chi connectivity index (χ0v) is 13.4.